The van der Waals surface area contributed by atoms with Crippen LogP contribution in [-0.4, -0.2) is 42.1 Å². The molecule has 0 bridgehead atoms. The summed E-state index contributed by atoms with van der Waals surface area (Å²) in [5.74, 6) is 0.340. The minimum atomic E-state index is -0.163. The quantitative estimate of drug-likeness (QED) is 0.0977. The van der Waals surface area contributed by atoms with E-state index in [0.29, 0.717) is 38.1 Å². The van der Waals surface area contributed by atoms with Gasteiger partial charge in [-0.15, -0.1) is 0 Å². The van der Waals surface area contributed by atoms with Gasteiger partial charge >= 0.3 is 0 Å². The number of nitrogens with zero attached hydrogens (tertiary/aromatic N) is 2. The summed E-state index contributed by atoms with van der Waals surface area (Å²) in [5.41, 5.74) is 9.95. The number of rotatable bonds is 15. The number of aryl methyl sites for hydroxylation is 2. The van der Waals surface area contributed by atoms with Crippen LogP contribution in [0.5, 0.6) is 0 Å². The molecule has 4 aromatic carbocycles. The SMILES string of the molecule is CCC(=O)CCN1/C(=C/C=C/C=C/C=C/C2=[N+](CCC(=O)NC)c3ccc4cc(C)ccc4c3C2(CC)CC)C(CC)(CC)c2c1ccc1cc(C)ccc21. The molecule has 0 unspecified atom stereocenters. The number of amides is 1. The second-order valence-electron chi connectivity index (χ2n) is 15.4. The van der Waals surface area contributed by atoms with Gasteiger partial charge in [-0.25, -0.2) is 0 Å². The molecule has 6 rings (SSSR count). The van der Waals surface area contributed by atoms with Gasteiger partial charge in [0.15, 0.2) is 12.3 Å². The fourth-order valence-corrected chi connectivity index (χ4v) is 9.51. The van der Waals surface area contributed by atoms with E-state index in [4.69, 9.17) is 0 Å². The third-order valence-corrected chi connectivity index (χ3v) is 12.6. The van der Waals surface area contributed by atoms with Gasteiger partial charge in [0.1, 0.15) is 5.78 Å². The topological polar surface area (TPSA) is 52.4 Å². The molecule has 0 fully saturated rings. The first-order valence-electron chi connectivity index (χ1n) is 20.6. The summed E-state index contributed by atoms with van der Waals surface area (Å²) >= 11 is 0. The third-order valence-electron chi connectivity index (χ3n) is 12.6. The largest absolute Gasteiger partial charge is 0.359 e. The Kier molecular flexibility index (Phi) is 12.1. The summed E-state index contributed by atoms with van der Waals surface area (Å²) in [6.45, 7) is 16.8. The maximum absolute atomic E-state index is 12.6. The summed E-state index contributed by atoms with van der Waals surface area (Å²) in [7, 11) is 1.71. The van der Waals surface area contributed by atoms with Crippen LogP contribution in [-0.2, 0) is 20.4 Å². The Hall–Kier alpha value is -5.03. The highest BCUT2D eigenvalue weighted by molar-refractivity contribution is 6.08. The summed E-state index contributed by atoms with van der Waals surface area (Å²) in [6, 6.07) is 22.6. The van der Waals surface area contributed by atoms with Crippen molar-refractivity contribution < 1.29 is 14.2 Å². The van der Waals surface area contributed by atoms with Gasteiger partial charge in [0, 0.05) is 60.9 Å². The Morgan fingerprint density at radius 1 is 0.709 bits per heavy atom. The molecule has 0 atom stereocenters. The summed E-state index contributed by atoms with van der Waals surface area (Å²) in [6.07, 6.45) is 20.6. The van der Waals surface area contributed by atoms with Gasteiger partial charge in [-0.2, -0.15) is 4.58 Å². The fraction of sp³-hybridized carbons (Fsp3) is 0.380. The van der Waals surface area contributed by atoms with Crippen molar-refractivity contribution in [2.75, 3.05) is 25.0 Å². The average Bonchev–Trinajstić information content (AvgIpc) is 3.64. The molecule has 2 heterocycles. The van der Waals surface area contributed by atoms with E-state index in [-0.39, 0.29) is 16.7 Å². The van der Waals surface area contributed by atoms with E-state index in [0.717, 1.165) is 25.7 Å². The molecule has 0 aliphatic carbocycles. The van der Waals surface area contributed by atoms with E-state index in [1.807, 2.05) is 6.92 Å². The molecule has 0 saturated heterocycles. The Morgan fingerprint density at radius 2 is 1.31 bits per heavy atom. The molecule has 286 valence electrons. The molecule has 0 spiro atoms. The maximum Gasteiger partial charge on any atom is 0.226 e. The van der Waals surface area contributed by atoms with Crippen LogP contribution in [0.4, 0.5) is 11.4 Å². The van der Waals surface area contributed by atoms with E-state index in [1.165, 1.54) is 66.6 Å². The highest BCUT2D eigenvalue weighted by Gasteiger charge is 2.50. The second kappa shape index (κ2) is 16.8. The van der Waals surface area contributed by atoms with Gasteiger partial charge in [-0.3, -0.25) is 9.59 Å². The van der Waals surface area contributed by atoms with Crippen LogP contribution in [0.25, 0.3) is 21.5 Å². The zero-order chi connectivity index (χ0) is 39.3. The second-order valence-corrected chi connectivity index (χ2v) is 15.4. The first-order chi connectivity index (χ1) is 26.6. The number of allylic oxidation sites excluding steroid dienone is 8. The minimum absolute atomic E-state index is 0.0466. The first kappa shape index (κ1) is 39.7. The van der Waals surface area contributed by atoms with Crippen LogP contribution in [0.1, 0.15) is 102 Å². The number of fused-ring (bicyclic) bond motifs is 6. The van der Waals surface area contributed by atoms with E-state index in [1.54, 1.807) is 7.05 Å². The lowest BCUT2D eigenvalue weighted by Crippen LogP contribution is -2.34. The van der Waals surface area contributed by atoms with E-state index in [2.05, 4.69) is 160 Å². The van der Waals surface area contributed by atoms with Crippen molar-refractivity contribution in [1.29, 1.82) is 0 Å². The molecule has 1 amide bonds. The van der Waals surface area contributed by atoms with Crippen LogP contribution < -0.4 is 10.2 Å². The number of carbonyl (C=O) groups is 2. The Morgan fingerprint density at radius 3 is 1.93 bits per heavy atom. The van der Waals surface area contributed by atoms with Crippen molar-refractivity contribution in [3.63, 3.8) is 0 Å². The highest BCUT2D eigenvalue weighted by atomic mass is 16.1. The van der Waals surface area contributed by atoms with Crippen LogP contribution in [0.2, 0.25) is 0 Å². The monoisotopic (exact) mass is 734 g/mol. The van der Waals surface area contributed by atoms with E-state index >= 15 is 0 Å². The predicted molar refractivity (Wildman–Crippen MR) is 233 cm³/mol. The normalized spacial score (nSPS) is 16.8. The standard InChI is InChI=1S/C50H59N3O2/c1-9-39(54)29-31-52-42-27-23-37-33-35(6)21-25-40(37)47(42)49(10-2,11-3)44(52)19-17-15-14-16-18-20-45-50(12-4,13-5)48-41-26-22-36(7)34-38(41)24-28-43(48)53(45)32-30-46(55)51-8/h14-28,33-34H,9-13,29-32H2,1-8H3/p+1. The predicted octanol–water partition coefficient (Wildman–Crippen LogP) is 11.4. The average molecular weight is 735 g/mol. The lowest BCUT2D eigenvalue weighted by molar-refractivity contribution is -0.436. The molecule has 2 aliphatic heterocycles. The zero-order valence-electron chi connectivity index (χ0n) is 34.4. The number of benzene rings is 4. The minimum Gasteiger partial charge on any atom is -0.359 e. The van der Waals surface area contributed by atoms with Crippen LogP contribution in [0.3, 0.4) is 0 Å². The molecule has 1 N–H and O–H groups in total. The van der Waals surface area contributed by atoms with Crippen molar-refractivity contribution in [3.05, 3.63) is 131 Å². The molecule has 5 nitrogen and oxygen atoms in total. The fourth-order valence-electron chi connectivity index (χ4n) is 9.51. The lowest BCUT2D eigenvalue weighted by Gasteiger charge is -2.32. The highest BCUT2D eigenvalue weighted by Crippen LogP contribution is 2.55. The van der Waals surface area contributed by atoms with Crippen LogP contribution in [0, 0.1) is 13.8 Å². The maximum atomic E-state index is 12.6. The van der Waals surface area contributed by atoms with E-state index in [9.17, 15) is 9.59 Å². The molecule has 0 saturated carbocycles. The van der Waals surface area contributed by atoms with Crippen molar-refractivity contribution in [1.82, 2.24) is 5.32 Å². The van der Waals surface area contributed by atoms with Crippen LogP contribution in [0.15, 0.2) is 109 Å². The number of nitrogens with one attached hydrogen (secondary N) is 1. The Labute approximate surface area is 329 Å². The number of hydrogen-bond acceptors (Lipinski definition) is 3. The third kappa shape index (κ3) is 7.14. The molecule has 4 aromatic rings. The molecule has 2 aliphatic rings. The Balaban J connectivity index is 1.35. The molecule has 0 aromatic heterocycles. The number of anilines is 1. The molecular weight excluding hydrogens is 675 g/mol. The zero-order valence-corrected chi connectivity index (χ0v) is 34.4. The van der Waals surface area contributed by atoms with Gasteiger partial charge in [-0.05, 0) is 84.8 Å². The molecule has 0 radical (unpaired) electrons. The first-order valence-corrected chi connectivity index (χ1v) is 20.6. The summed E-state index contributed by atoms with van der Waals surface area (Å²) in [5, 5.41) is 7.96. The van der Waals surface area contributed by atoms with Gasteiger partial charge in [-0.1, -0.05) is 119 Å². The molecular formula is C50H60N3O2+. The number of Topliss-reactive ketones (excluding diaryl/α,β-unsaturated/α-hetero) is 1. The van der Waals surface area contributed by atoms with Crippen molar-refractivity contribution >= 4 is 50.3 Å². The van der Waals surface area contributed by atoms with E-state index < -0.39 is 0 Å². The smallest absolute Gasteiger partial charge is 0.226 e. The molecule has 5 heteroatoms. The van der Waals surface area contributed by atoms with Crippen molar-refractivity contribution in [2.24, 2.45) is 0 Å². The number of carbonyl (C=O) groups excluding carboxylic acids is 2. The Bertz CT molecular complexity index is 2260. The van der Waals surface area contributed by atoms with Gasteiger partial charge < -0.3 is 10.2 Å². The summed E-state index contributed by atoms with van der Waals surface area (Å²) in [4.78, 5) is 27.5. The van der Waals surface area contributed by atoms with Crippen molar-refractivity contribution in [3.8, 4) is 0 Å². The number of hydrogen-bond donors (Lipinski definition) is 1. The van der Waals surface area contributed by atoms with Crippen molar-refractivity contribution in [2.45, 2.75) is 104 Å². The summed E-state index contributed by atoms with van der Waals surface area (Å²) < 4.78 is 2.39. The van der Waals surface area contributed by atoms with Gasteiger partial charge in [0.2, 0.25) is 11.6 Å². The molecule has 55 heavy (non-hydrogen) atoms. The number of ketones is 1. The van der Waals surface area contributed by atoms with Gasteiger partial charge in [0.05, 0.1) is 11.8 Å². The lowest BCUT2D eigenvalue weighted by atomic mass is 9.71. The van der Waals surface area contributed by atoms with Crippen LogP contribution >= 0.6 is 0 Å². The van der Waals surface area contributed by atoms with Gasteiger partial charge in [0.25, 0.3) is 0 Å².